The normalized spacial score (nSPS) is 19.8. The zero-order chi connectivity index (χ0) is 25.0. The maximum Gasteiger partial charge on any atom is 0.472 e. The smallest absolute Gasteiger partial charge is 0.350 e. The van der Waals surface area contributed by atoms with E-state index in [1.807, 2.05) is 21.7 Å². The zero-order valence-electron chi connectivity index (χ0n) is 21.8. The Morgan fingerprint density at radius 1 is 0.943 bits per heavy atom. The van der Waals surface area contributed by atoms with E-state index in [4.69, 9.17) is 18.5 Å². The molecule has 0 spiro atoms. The number of nitrogens with zero attached hydrogens (tertiary/aromatic N) is 1. The van der Waals surface area contributed by atoms with E-state index in [1.165, 1.54) is 89.9 Å². The minimum absolute atomic E-state index is 0.00523. The summed E-state index contributed by atoms with van der Waals surface area (Å²) in [6.45, 7) is 3.26. The van der Waals surface area contributed by atoms with Crippen LogP contribution < -0.4 is 4.57 Å². The first kappa shape index (κ1) is 30.9. The second-order valence-corrected chi connectivity index (χ2v) is 11.8. The Labute approximate surface area is 217 Å². The van der Waals surface area contributed by atoms with Crippen LogP contribution in [0.15, 0.2) is 17.1 Å². The summed E-state index contributed by atoms with van der Waals surface area (Å²) in [7, 11) is -4.08. The predicted octanol–water partition coefficient (Wildman–Crippen LogP) is 7.17. The lowest BCUT2D eigenvalue weighted by atomic mass is 10.0. The van der Waals surface area contributed by atoms with Crippen molar-refractivity contribution in [3.63, 3.8) is 0 Å². The van der Waals surface area contributed by atoms with Gasteiger partial charge in [0.2, 0.25) is 5.51 Å². The van der Waals surface area contributed by atoms with Gasteiger partial charge in [0, 0.05) is 0 Å². The van der Waals surface area contributed by atoms with E-state index in [9.17, 15) is 9.46 Å². The molecule has 3 atom stereocenters. The summed E-state index contributed by atoms with van der Waals surface area (Å²) in [5.41, 5.74) is 1.91. The molecule has 1 aliphatic heterocycles. The molecule has 0 amide bonds. The van der Waals surface area contributed by atoms with Crippen molar-refractivity contribution >= 4 is 19.2 Å². The van der Waals surface area contributed by atoms with E-state index in [-0.39, 0.29) is 25.6 Å². The highest BCUT2D eigenvalue weighted by atomic mass is 32.1. The molecule has 9 heteroatoms. The number of hydrogen-bond acceptors (Lipinski definition) is 6. The molecule has 0 radical (unpaired) electrons. The van der Waals surface area contributed by atoms with Gasteiger partial charge in [-0.3, -0.25) is 9.05 Å². The van der Waals surface area contributed by atoms with Crippen molar-refractivity contribution in [3.8, 4) is 0 Å². The summed E-state index contributed by atoms with van der Waals surface area (Å²) in [5.74, 6) is 0. The Morgan fingerprint density at radius 3 is 2.11 bits per heavy atom. The van der Waals surface area contributed by atoms with Crippen LogP contribution >= 0.6 is 19.2 Å². The van der Waals surface area contributed by atoms with E-state index in [1.54, 1.807) is 11.3 Å². The van der Waals surface area contributed by atoms with Gasteiger partial charge in [0.05, 0.1) is 18.6 Å². The van der Waals surface area contributed by atoms with Gasteiger partial charge >= 0.3 is 7.82 Å². The molecule has 7 nitrogen and oxygen atoms in total. The molecule has 0 saturated carbocycles. The van der Waals surface area contributed by atoms with Crippen LogP contribution in [0, 0.1) is 0 Å². The molecular weight excluding hydrogens is 485 g/mol. The average Bonchev–Trinajstić information content (AvgIpc) is 3.52. The fraction of sp³-hybridized carbons (Fsp3) is 0.885. The van der Waals surface area contributed by atoms with Crippen molar-refractivity contribution in [2.75, 3.05) is 19.8 Å². The lowest BCUT2D eigenvalue weighted by Gasteiger charge is -2.14. The highest BCUT2D eigenvalue weighted by molar-refractivity contribution is 7.47. The first-order valence-electron chi connectivity index (χ1n) is 13.9. The topological polar surface area (TPSA) is 78.1 Å². The number of thiazole rings is 1. The van der Waals surface area contributed by atoms with Crippen LogP contribution in [-0.4, -0.2) is 37.1 Å². The average molecular weight is 535 g/mol. The van der Waals surface area contributed by atoms with Gasteiger partial charge in [0.25, 0.3) is 0 Å². The molecule has 2 rings (SSSR count). The summed E-state index contributed by atoms with van der Waals surface area (Å²) in [6, 6.07) is 0. The molecule has 1 N–H and O–H groups in total. The Balaban J connectivity index is 1.35. The molecule has 1 aromatic heterocycles. The van der Waals surface area contributed by atoms with Crippen LogP contribution in [0.25, 0.3) is 0 Å². The predicted molar refractivity (Wildman–Crippen MR) is 140 cm³/mol. The lowest BCUT2D eigenvalue weighted by Crippen LogP contribution is -2.32. The third-order valence-electron chi connectivity index (χ3n) is 6.41. The SMILES string of the molecule is CCCCCCCCCCCCCCCCCC1OCC(COP(=O)(O)OCC[n+]2ccsc2)O1. The largest absolute Gasteiger partial charge is 0.472 e. The second kappa shape index (κ2) is 19.7. The first-order valence-corrected chi connectivity index (χ1v) is 16.3. The molecule has 0 aromatic carbocycles. The highest BCUT2D eigenvalue weighted by Gasteiger charge is 2.30. The molecule has 1 fully saturated rings. The highest BCUT2D eigenvalue weighted by Crippen LogP contribution is 2.43. The van der Waals surface area contributed by atoms with Crippen LogP contribution in [0.5, 0.6) is 0 Å². The van der Waals surface area contributed by atoms with Gasteiger partial charge in [-0.2, -0.15) is 4.57 Å². The minimum Gasteiger partial charge on any atom is -0.350 e. The first-order chi connectivity index (χ1) is 17.1. The van der Waals surface area contributed by atoms with E-state index in [0.717, 1.165) is 12.8 Å². The molecular formula is C26H49NO6PS+. The standard InChI is InChI=1S/C26H48NO6PS/c1-2-3-4-5-6-7-8-9-10-11-12-13-14-15-16-17-26-30-22-25(33-26)23-32-34(28,29)31-20-18-27-19-21-35-24-27/h19,21,24-26H,2-18,20,22-23H2,1H3/p+1. The van der Waals surface area contributed by atoms with Gasteiger partial charge in [-0.25, -0.2) is 4.57 Å². The molecule has 0 aliphatic carbocycles. The number of hydrogen-bond donors (Lipinski definition) is 1. The maximum atomic E-state index is 12.0. The van der Waals surface area contributed by atoms with Gasteiger partial charge in [-0.1, -0.05) is 108 Å². The van der Waals surface area contributed by atoms with Crippen LogP contribution in [0.4, 0.5) is 0 Å². The van der Waals surface area contributed by atoms with Crippen molar-refractivity contribution in [2.24, 2.45) is 0 Å². The van der Waals surface area contributed by atoms with Gasteiger partial charge in [0.15, 0.2) is 19.0 Å². The number of ether oxygens (including phenoxy) is 2. The van der Waals surface area contributed by atoms with Gasteiger partial charge in [0.1, 0.15) is 12.7 Å². The summed E-state index contributed by atoms with van der Waals surface area (Å²) in [6.07, 6.45) is 22.4. The number of phosphoric acid groups is 1. The van der Waals surface area contributed by atoms with Crippen molar-refractivity contribution in [3.05, 3.63) is 17.1 Å². The molecule has 0 bridgehead atoms. The summed E-state index contributed by atoms with van der Waals surface area (Å²) >= 11 is 1.55. The van der Waals surface area contributed by atoms with Gasteiger partial charge < -0.3 is 14.4 Å². The fourth-order valence-electron chi connectivity index (χ4n) is 4.29. The van der Waals surface area contributed by atoms with Crippen LogP contribution in [0.1, 0.15) is 110 Å². The number of aromatic nitrogens is 1. The van der Waals surface area contributed by atoms with Crippen LogP contribution in [0.3, 0.4) is 0 Å². The number of unbranched alkanes of at least 4 members (excludes halogenated alkanes) is 14. The fourth-order valence-corrected chi connectivity index (χ4v) is 5.66. The molecule has 3 unspecified atom stereocenters. The van der Waals surface area contributed by atoms with Gasteiger partial charge in [-0.05, 0) is 12.8 Å². The van der Waals surface area contributed by atoms with E-state index < -0.39 is 7.82 Å². The second-order valence-electron chi connectivity index (χ2n) is 9.62. The molecule has 1 aromatic rings. The molecule has 35 heavy (non-hydrogen) atoms. The molecule has 1 aliphatic rings. The summed E-state index contributed by atoms with van der Waals surface area (Å²) in [4.78, 5) is 9.83. The van der Waals surface area contributed by atoms with E-state index >= 15 is 0 Å². The third kappa shape index (κ3) is 16.2. The Hall–Kier alpha value is -0.340. The van der Waals surface area contributed by atoms with Crippen molar-refractivity contribution < 1.29 is 32.5 Å². The Kier molecular flexibility index (Phi) is 17.4. The molecule has 2 heterocycles. The van der Waals surface area contributed by atoms with E-state index in [0.29, 0.717) is 13.2 Å². The van der Waals surface area contributed by atoms with Crippen LogP contribution in [0.2, 0.25) is 0 Å². The number of phosphoric ester groups is 1. The lowest BCUT2D eigenvalue weighted by molar-refractivity contribution is -0.693. The van der Waals surface area contributed by atoms with Crippen LogP contribution in [-0.2, 0) is 29.6 Å². The Morgan fingerprint density at radius 2 is 1.54 bits per heavy atom. The molecule has 1 saturated heterocycles. The quantitative estimate of drug-likeness (QED) is 0.0911. The van der Waals surface area contributed by atoms with E-state index in [2.05, 4.69) is 6.92 Å². The van der Waals surface area contributed by atoms with Crippen molar-refractivity contribution in [1.29, 1.82) is 0 Å². The summed E-state index contributed by atoms with van der Waals surface area (Å²) < 4.78 is 35.5. The summed E-state index contributed by atoms with van der Waals surface area (Å²) in [5, 5.41) is 1.93. The third-order valence-corrected chi connectivity index (χ3v) is 8.07. The Bertz CT molecular complexity index is 662. The minimum atomic E-state index is -4.08. The maximum absolute atomic E-state index is 12.0. The number of rotatable bonds is 23. The van der Waals surface area contributed by atoms with Gasteiger partial charge in [-0.15, -0.1) is 0 Å². The molecule has 204 valence electrons. The van der Waals surface area contributed by atoms with Crippen molar-refractivity contribution in [1.82, 2.24) is 0 Å². The zero-order valence-corrected chi connectivity index (χ0v) is 23.5. The van der Waals surface area contributed by atoms with Crippen molar-refractivity contribution in [2.45, 2.75) is 129 Å². The monoisotopic (exact) mass is 534 g/mol.